The van der Waals surface area contributed by atoms with Crippen LogP contribution < -0.4 is 5.32 Å². The number of sulfonamides is 1. The molecule has 1 aliphatic heterocycles. The van der Waals surface area contributed by atoms with E-state index in [0.717, 1.165) is 16.0 Å². The Bertz CT molecular complexity index is 854. The highest BCUT2D eigenvalue weighted by Gasteiger charge is 2.27. The number of aryl methyl sites for hydroxylation is 1. The van der Waals surface area contributed by atoms with Gasteiger partial charge in [0.1, 0.15) is 4.21 Å². The van der Waals surface area contributed by atoms with Gasteiger partial charge in [0.05, 0.1) is 26.2 Å². The predicted molar refractivity (Wildman–Crippen MR) is 101 cm³/mol. The van der Waals surface area contributed by atoms with Gasteiger partial charge in [-0.25, -0.2) is 8.42 Å². The zero-order chi connectivity index (χ0) is 18.6. The van der Waals surface area contributed by atoms with Crippen LogP contribution in [-0.2, 0) is 32.5 Å². The summed E-state index contributed by atoms with van der Waals surface area (Å²) < 4.78 is 32.2. The zero-order valence-electron chi connectivity index (χ0n) is 14.6. The van der Waals surface area contributed by atoms with E-state index >= 15 is 0 Å². The minimum atomic E-state index is -3.47. The third kappa shape index (κ3) is 4.70. The summed E-state index contributed by atoms with van der Waals surface area (Å²) in [6.45, 7) is 3.93. The Kier molecular flexibility index (Phi) is 6.08. The van der Waals surface area contributed by atoms with Crippen molar-refractivity contribution in [3.05, 3.63) is 52.4 Å². The van der Waals surface area contributed by atoms with Crippen molar-refractivity contribution >= 4 is 27.3 Å². The Labute approximate surface area is 157 Å². The quantitative estimate of drug-likeness (QED) is 0.812. The van der Waals surface area contributed by atoms with Crippen molar-refractivity contribution in [2.75, 3.05) is 26.3 Å². The SMILES string of the molecule is Cc1ccc(CC(=O)NCc2ccc(S(=O)(=O)N3CCOCC3)s2)cc1. The lowest BCUT2D eigenvalue weighted by Gasteiger charge is -2.25. The van der Waals surface area contributed by atoms with Crippen LogP contribution in [-0.4, -0.2) is 44.9 Å². The summed E-state index contributed by atoms with van der Waals surface area (Å²) in [5, 5.41) is 2.85. The van der Waals surface area contributed by atoms with Crippen LogP contribution in [0.5, 0.6) is 0 Å². The van der Waals surface area contributed by atoms with Crippen LogP contribution in [0.2, 0.25) is 0 Å². The second-order valence-corrected chi connectivity index (χ2v) is 9.51. The van der Waals surface area contributed by atoms with Gasteiger partial charge in [0, 0.05) is 18.0 Å². The van der Waals surface area contributed by atoms with Crippen molar-refractivity contribution < 1.29 is 17.9 Å². The van der Waals surface area contributed by atoms with Gasteiger partial charge in [0.2, 0.25) is 5.91 Å². The van der Waals surface area contributed by atoms with Gasteiger partial charge in [-0.15, -0.1) is 11.3 Å². The van der Waals surface area contributed by atoms with Crippen LogP contribution in [0.3, 0.4) is 0 Å². The van der Waals surface area contributed by atoms with Crippen molar-refractivity contribution in [3.8, 4) is 0 Å². The second-order valence-electron chi connectivity index (χ2n) is 6.18. The molecule has 0 atom stereocenters. The number of carbonyl (C=O) groups excluding carboxylic acids is 1. The van der Waals surface area contributed by atoms with Crippen molar-refractivity contribution in [2.45, 2.75) is 24.1 Å². The third-order valence-electron chi connectivity index (χ3n) is 4.15. The molecule has 8 heteroatoms. The number of nitrogens with zero attached hydrogens (tertiary/aromatic N) is 1. The van der Waals surface area contributed by atoms with Crippen LogP contribution >= 0.6 is 11.3 Å². The largest absolute Gasteiger partial charge is 0.379 e. The van der Waals surface area contributed by atoms with Crippen LogP contribution in [0.1, 0.15) is 16.0 Å². The maximum atomic E-state index is 12.6. The number of nitrogens with one attached hydrogen (secondary N) is 1. The highest BCUT2D eigenvalue weighted by atomic mass is 32.2. The molecule has 1 N–H and O–H groups in total. The van der Waals surface area contributed by atoms with Gasteiger partial charge in [0.25, 0.3) is 10.0 Å². The van der Waals surface area contributed by atoms with Gasteiger partial charge in [-0.3, -0.25) is 4.79 Å². The standard InChI is InChI=1S/C18H22N2O4S2/c1-14-2-4-15(5-3-14)12-17(21)19-13-16-6-7-18(25-16)26(22,23)20-8-10-24-11-9-20/h2-7H,8-13H2,1H3,(H,19,21). The molecule has 140 valence electrons. The molecule has 2 aromatic rings. The molecule has 3 rings (SSSR count). The monoisotopic (exact) mass is 394 g/mol. The first kappa shape index (κ1) is 19.0. The number of thiophene rings is 1. The van der Waals surface area contributed by atoms with Gasteiger partial charge >= 0.3 is 0 Å². The van der Waals surface area contributed by atoms with Crippen LogP contribution in [0.15, 0.2) is 40.6 Å². The molecule has 1 aliphatic rings. The second kappa shape index (κ2) is 8.30. The van der Waals surface area contributed by atoms with E-state index in [-0.39, 0.29) is 5.91 Å². The zero-order valence-corrected chi connectivity index (χ0v) is 16.2. The van der Waals surface area contributed by atoms with E-state index in [9.17, 15) is 13.2 Å². The van der Waals surface area contributed by atoms with E-state index in [1.807, 2.05) is 31.2 Å². The molecule has 26 heavy (non-hydrogen) atoms. The molecule has 1 amide bonds. The summed E-state index contributed by atoms with van der Waals surface area (Å²) in [6.07, 6.45) is 0.310. The summed E-state index contributed by atoms with van der Waals surface area (Å²) >= 11 is 1.20. The van der Waals surface area contributed by atoms with Crippen LogP contribution in [0.4, 0.5) is 0 Å². The molecule has 0 radical (unpaired) electrons. The van der Waals surface area contributed by atoms with Crippen molar-refractivity contribution in [1.82, 2.24) is 9.62 Å². The van der Waals surface area contributed by atoms with E-state index in [0.29, 0.717) is 43.5 Å². The molecule has 1 aromatic carbocycles. The topological polar surface area (TPSA) is 75.7 Å². The average Bonchev–Trinajstić information content (AvgIpc) is 3.13. The molecule has 1 saturated heterocycles. The minimum absolute atomic E-state index is 0.0835. The van der Waals surface area contributed by atoms with E-state index in [1.54, 1.807) is 12.1 Å². The fourth-order valence-electron chi connectivity index (χ4n) is 2.65. The van der Waals surface area contributed by atoms with Gasteiger partial charge in [0.15, 0.2) is 0 Å². The number of amides is 1. The molecule has 0 aliphatic carbocycles. The fourth-order valence-corrected chi connectivity index (χ4v) is 5.50. The lowest BCUT2D eigenvalue weighted by Crippen LogP contribution is -2.40. The van der Waals surface area contributed by atoms with Crippen LogP contribution in [0.25, 0.3) is 0 Å². The first-order chi connectivity index (χ1) is 12.4. The number of rotatable bonds is 6. The predicted octanol–water partition coefficient (Wildman–Crippen LogP) is 1.94. The number of benzene rings is 1. The molecule has 1 fully saturated rings. The molecule has 0 saturated carbocycles. The third-order valence-corrected chi connectivity index (χ3v) is 7.60. The lowest BCUT2D eigenvalue weighted by molar-refractivity contribution is -0.120. The Morgan fingerprint density at radius 2 is 1.85 bits per heavy atom. The summed E-state index contributed by atoms with van der Waals surface area (Å²) in [6, 6.07) is 11.2. The Balaban J connectivity index is 1.56. The smallest absolute Gasteiger partial charge is 0.252 e. The van der Waals surface area contributed by atoms with E-state index in [1.165, 1.54) is 15.6 Å². The van der Waals surface area contributed by atoms with Gasteiger partial charge < -0.3 is 10.1 Å². The number of morpholine rings is 1. The fraction of sp³-hybridized carbons (Fsp3) is 0.389. The molecule has 0 unspecified atom stereocenters. The Morgan fingerprint density at radius 1 is 1.15 bits per heavy atom. The van der Waals surface area contributed by atoms with Crippen LogP contribution in [0, 0.1) is 6.92 Å². The van der Waals surface area contributed by atoms with Crippen molar-refractivity contribution in [2.24, 2.45) is 0 Å². The Hall–Kier alpha value is -1.74. The molecule has 0 spiro atoms. The minimum Gasteiger partial charge on any atom is -0.379 e. The molecular formula is C18H22N2O4S2. The lowest BCUT2D eigenvalue weighted by atomic mass is 10.1. The average molecular weight is 395 g/mol. The number of hydrogen-bond donors (Lipinski definition) is 1. The van der Waals surface area contributed by atoms with E-state index in [2.05, 4.69) is 5.32 Å². The van der Waals surface area contributed by atoms with E-state index in [4.69, 9.17) is 4.74 Å². The number of carbonyl (C=O) groups is 1. The summed E-state index contributed by atoms with van der Waals surface area (Å²) in [5.74, 6) is -0.0835. The van der Waals surface area contributed by atoms with Gasteiger partial charge in [-0.2, -0.15) is 4.31 Å². The number of ether oxygens (including phenoxy) is 1. The highest BCUT2D eigenvalue weighted by Crippen LogP contribution is 2.25. The van der Waals surface area contributed by atoms with Crippen molar-refractivity contribution in [3.63, 3.8) is 0 Å². The van der Waals surface area contributed by atoms with Gasteiger partial charge in [-0.05, 0) is 24.6 Å². The summed E-state index contributed by atoms with van der Waals surface area (Å²) in [4.78, 5) is 12.9. The maximum absolute atomic E-state index is 12.6. The summed E-state index contributed by atoms with van der Waals surface area (Å²) in [7, 11) is -3.47. The Morgan fingerprint density at radius 3 is 2.54 bits per heavy atom. The molecule has 2 heterocycles. The van der Waals surface area contributed by atoms with Gasteiger partial charge in [-0.1, -0.05) is 29.8 Å². The van der Waals surface area contributed by atoms with Crippen molar-refractivity contribution in [1.29, 1.82) is 0 Å². The number of hydrogen-bond acceptors (Lipinski definition) is 5. The molecule has 0 bridgehead atoms. The normalized spacial score (nSPS) is 15.7. The van der Waals surface area contributed by atoms with E-state index < -0.39 is 10.0 Å². The highest BCUT2D eigenvalue weighted by molar-refractivity contribution is 7.91. The first-order valence-electron chi connectivity index (χ1n) is 8.44. The molecule has 1 aromatic heterocycles. The summed E-state index contributed by atoms with van der Waals surface area (Å²) in [5.41, 5.74) is 2.11. The molecule has 6 nitrogen and oxygen atoms in total. The maximum Gasteiger partial charge on any atom is 0.252 e. The molecular weight excluding hydrogens is 372 g/mol. The first-order valence-corrected chi connectivity index (χ1v) is 10.7.